The zero-order valence-electron chi connectivity index (χ0n) is 10.9. The minimum atomic E-state index is -1.32. The molecule has 0 saturated carbocycles. The summed E-state index contributed by atoms with van der Waals surface area (Å²) in [5, 5.41) is 5.59. The normalized spacial score (nSPS) is 13.9. The van der Waals surface area contributed by atoms with Gasteiger partial charge in [-0.2, -0.15) is 0 Å². The monoisotopic (exact) mass is 332 g/mol. The van der Waals surface area contributed by atoms with Crippen LogP contribution in [0.4, 0.5) is 5.82 Å². The van der Waals surface area contributed by atoms with Crippen LogP contribution in [0.5, 0.6) is 0 Å². The number of nitrogens with zero attached hydrogens (tertiary/aromatic N) is 1. The lowest BCUT2D eigenvalue weighted by Crippen LogP contribution is -2.29. The Labute approximate surface area is 127 Å². The Bertz CT molecular complexity index is 584. The molecule has 2 aromatic heterocycles. The van der Waals surface area contributed by atoms with Crippen LogP contribution in [0.3, 0.4) is 0 Å². The molecule has 2 rings (SSSR count). The van der Waals surface area contributed by atoms with Crippen molar-refractivity contribution in [3.8, 4) is 0 Å². The number of thiophene rings is 1. The Hall–Kier alpha value is -1.18. The van der Waals surface area contributed by atoms with E-state index >= 15 is 0 Å². The molecule has 0 aliphatic heterocycles. The number of aryl methyl sites for hydroxylation is 1. The number of halogens is 1. The fraction of sp³-hybridized carbons (Fsp3) is 0.333. The van der Waals surface area contributed by atoms with Crippen LogP contribution in [0.1, 0.15) is 17.6 Å². The molecule has 108 valence electrons. The van der Waals surface area contributed by atoms with Gasteiger partial charge in [-0.25, -0.2) is 0 Å². The fourth-order valence-electron chi connectivity index (χ4n) is 1.47. The van der Waals surface area contributed by atoms with Crippen molar-refractivity contribution in [2.75, 3.05) is 5.32 Å². The second kappa shape index (κ2) is 6.51. The topological polar surface area (TPSA) is 72.2 Å². The first kappa shape index (κ1) is 15.2. The Morgan fingerprint density at radius 1 is 1.60 bits per heavy atom. The number of carbonyl (C=O) groups excluding carboxylic acids is 1. The predicted molar refractivity (Wildman–Crippen MR) is 80.5 cm³/mol. The van der Waals surface area contributed by atoms with Gasteiger partial charge in [0.15, 0.2) is 5.82 Å². The van der Waals surface area contributed by atoms with Gasteiger partial charge < -0.3 is 9.84 Å². The van der Waals surface area contributed by atoms with Gasteiger partial charge in [-0.1, -0.05) is 16.8 Å². The van der Waals surface area contributed by atoms with Gasteiger partial charge in [-0.05, 0) is 26.0 Å². The van der Waals surface area contributed by atoms with Crippen LogP contribution in [0.25, 0.3) is 0 Å². The summed E-state index contributed by atoms with van der Waals surface area (Å²) in [6, 6.07) is 5.17. The average Bonchev–Trinajstić information content (AvgIpc) is 2.97. The van der Waals surface area contributed by atoms with Gasteiger partial charge in [0.2, 0.25) is 5.91 Å². The number of carbonyl (C=O) groups is 1. The maximum absolute atomic E-state index is 12.1. The van der Waals surface area contributed by atoms with Crippen molar-refractivity contribution in [1.29, 1.82) is 0 Å². The molecular formula is C12H13ClN2O3S2. The Balaban J connectivity index is 1.94. The highest BCUT2D eigenvalue weighted by atomic mass is 35.5. The van der Waals surface area contributed by atoms with Crippen LogP contribution in [0.15, 0.2) is 22.7 Å². The molecule has 0 aromatic carbocycles. The van der Waals surface area contributed by atoms with E-state index in [-0.39, 0.29) is 5.91 Å². The highest BCUT2D eigenvalue weighted by Gasteiger charge is 2.21. The minimum absolute atomic E-state index is 0.309. The van der Waals surface area contributed by atoms with E-state index in [1.54, 1.807) is 26.0 Å². The van der Waals surface area contributed by atoms with Gasteiger partial charge in [-0.3, -0.25) is 9.00 Å². The molecular weight excluding hydrogens is 320 g/mol. The summed E-state index contributed by atoms with van der Waals surface area (Å²) in [6.45, 7) is 3.35. The smallest absolute Gasteiger partial charge is 0.241 e. The zero-order chi connectivity index (χ0) is 14.7. The van der Waals surface area contributed by atoms with Crippen LogP contribution in [0.2, 0.25) is 4.34 Å². The van der Waals surface area contributed by atoms with E-state index in [0.29, 0.717) is 21.7 Å². The van der Waals surface area contributed by atoms with Gasteiger partial charge in [0.1, 0.15) is 11.0 Å². The number of anilines is 1. The number of amides is 1. The van der Waals surface area contributed by atoms with E-state index < -0.39 is 16.0 Å². The molecule has 0 radical (unpaired) electrons. The molecule has 0 aliphatic rings. The number of hydrogen-bond acceptors (Lipinski definition) is 5. The highest BCUT2D eigenvalue weighted by Crippen LogP contribution is 2.23. The van der Waals surface area contributed by atoms with E-state index in [2.05, 4.69) is 10.5 Å². The van der Waals surface area contributed by atoms with Gasteiger partial charge in [0.05, 0.1) is 10.1 Å². The van der Waals surface area contributed by atoms with Crippen molar-refractivity contribution in [2.24, 2.45) is 0 Å². The van der Waals surface area contributed by atoms with Crippen LogP contribution < -0.4 is 5.32 Å². The summed E-state index contributed by atoms with van der Waals surface area (Å²) in [6.07, 6.45) is 0. The first-order chi connectivity index (χ1) is 9.45. The lowest BCUT2D eigenvalue weighted by atomic mass is 10.4. The molecule has 0 aliphatic carbocycles. The molecule has 2 heterocycles. The van der Waals surface area contributed by atoms with Crippen molar-refractivity contribution in [3.05, 3.63) is 33.2 Å². The predicted octanol–water partition coefficient (Wildman–Crippen LogP) is 2.97. The fourth-order valence-corrected chi connectivity index (χ4v) is 3.86. The van der Waals surface area contributed by atoms with Gasteiger partial charge >= 0.3 is 0 Å². The summed E-state index contributed by atoms with van der Waals surface area (Å²) in [4.78, 5) is 12.8. The van der Waals surface area contributed by atoms with E-state index in [9.17, 15) is 9.00 Å². The molecule has 1 N–H and O–H groups in total. The number of aromatic nitrogens is 1. The first-order valence-electron chi connectivity index (χ1n) is 5.81. The molecule has 20 heavy (non-hydrogen) atoms. The summed E-state index contributed by atoms with van der Waals surface area (Å²) >= 11 is 7.18. The van der Waals surface area contributed by atoms with Crippen molar-refractivity contribution in [1.82, 2.24) is 5.16 Å². The molecule has 0 bridgehead atoms. The summed E-state index contributed by atoms with van der Waals surface area (Å²) in [7, 11) is -1.32. The molecule has 8 heteroatoms. The maximum Gasteiger partial charge on any atom is 0.241 e. The van der Waals surface area contributed by atoms with Gasteiger partial charge in [0.25, 0.3) is 0 Å². The maximum atomic E-state index is 12.1. The third-order valence-corrected chi connectivity index (χ3v) is 5.57. The average molecular weight is 333 g/mol. The minimum Gasteiger partial charge on any atom is -0.360 e. The second-order valence-corrected chi connectivity index (χ2v) is 7.74. The molecule has 5 nitrogen and oxygen atoms in total. The van der Waals surface area contributed by atoms with E-state index in [0.717, 1.165) is 4.88 Å². The van der Waals surface area contributed by atoms with E-state index in [1.807, 2.05) is 6.07 Å². The number of hydrogen-bond donors (Lipinski definition) is 1. The quantitative estimate of drug-likeness (QED) is 0.913. The van der Waals surface area contributed by atoms with E-state index in [4.69, 9.17) is 16.1 Å². The Kier molecular flexibility index (Phi) is 4.95. The Morgan fingerprint density at radius 2 is 2.35 bits per heavy atom. The van der Waals surface area contributed by atoms with Gasteiger partial charge in [0, 0.05) is 21.7 Å². The molecule has 0 saturated heterocycles. The largest absolute Gasteiger partial charge is 0.360 e. The molecule has 0 fully saturated rings. The second-order valence-electron chi connectivity index (χ2n) is 4.19. The molecule has 2 atom stereocenters. The SMILES string of the molecule is Cc1cc(NC(=O)[C@H](C)[S@@](=O)Cc2ccc(Cl)s2)no1. The van der Waals surface area contributed by atoms with Crippen LogP contribution in [-0.4, -0.2) is 20.5 Å². The van der Waals surface area contributed by atoms with Crippen molar-refractivity contribution >= 4 is 45.5 Å². The van der Waals surface area contributed by atoms with Crippen LogP contribution >= 0.6 is 22.9 Å². The first-order valence-corrected chi connectivity index (χ1v) is 8.39. The lowest BCUT2D eigenvalue weighted by Gasteiger charge is -2.09. The lowest BCUT2D eigenvalue weighted by molar-refractivity contribution is -0.115. The third kappa shape index (κ3) is 3.91. The molecule has 0 spiro atoms. The summed E-state index contributed by atoms with van der Waals surface area (Å²) in [5.41, 5.74) is 0. The number of rotatable bonds is 5. The van der Waals surface area contributed by atoms with Crippen LogP contribution in [-0.2, 0) is 21.3 Å². The summed E-state index contributed by atoms with van der Waals surface area (Å²) in [5.74, 6) is 0.890. The summed E-state index contributed by atoms with van der Waals surface area (Å²) < 4.78 is 17.6. The standard InChI is InChI=1S/C12H13ClN2O3S2/c1-7-5-11(15-18-7)14-12(16)8(2)20(17)6-9-3-4-10(13)19-9/h3-5,8H,6H2,1-2H3,(H,14,15,16)/t8-,20-/m0/s1. The van der Waals surface area contributed by atoms with Gasteiger partial charge in [-0.15, -0.1) is 11.3 Å². The third-order valence-electron chi connectivity index (χ3n) is 2.56. The highest BCUT2D eigenvalue weighted by molar-refractivity contribution is 7.85. The van der Waals surface area contributed by atoms with E-state index in [1.165, 1.54) is 11.3 Å². The zero-order valence-corrected chi connectivity index (χ0v) is 13.3. The van der Waals surface area contributed by atoms with Crippen molar-refractivity contribution in [2.45, 2.75) is 24.9 Å². The molecule has 1 amide bonds. The molecule has 2 aromatic rings. The van der Waals surface area contributed by atoms with Crippen molar-refractivity contribution in [3.63, 3.8) is 0 Å². The Morgan fingerprint density at radius 3 is 2.90 bits per heavy atom. The molecule has 0 unspecified atom stereocenters. The number of nitrogens with one attached hydrogen (secondary N) is 1. The van der Waals surface area contributed by atoms with Crippen LogP contribution in [0, 0.1) is 6.92 Å². The van der Waals surface area contributed by atoms with Crippen molar-refractivity contribution < 1.29 is 13.5 Å².